The van der Waals surface area contributed by atoms with E-state index in [1.165, 1.54) is 11.3 Å². The summed E-state index contributed by atoms with van der Waals surface area (Å²) in [7, 11) is 1.85. The minimum atomic E-state index is 0.0253. The van der Waals surface area contributed by atoms with Crippen LogP contribution in [0.2, 0.25) is 0 Å². The van der Waals surface area contributed by atoms with Gasteiger partial charge in [-0.15, -0.1) is 11.3 Å². The van der Waals surface area contributed by atoms with Crippen LogP contribution in [0.15, 0.2) is 17.9 Å². The average Bonchev–Trinajstić information content (AvgIpc) is 3.16. The van der Waals surface area contributed by atoms with E-state index in [1.807, 2.05) is 35.6 Å². The van der Waals surface area contributed by atoms with E-state index in [-0.39, 0.29) is 23.8 Å². The molecule has 2 aromatic rings. The Morgan fingerprint density at radius 2 is 2.04 bits per heavy atom. The number of hydrogen-bond acceptors (Lipinski definition) is 4. The van der Waals surface area contributed by atoms with Gasteiger partial charge in [0, 0.05) is 37.5 Å². The Morgan fingerprint density at radius 3 is 2.70 bits per heavy atom. The lowest BCUT2D eigenvalue weighted by Gasteiger charge is -2.34. The van der Waals surface area contributed by atoms with E-state index in [1.54, 1.807) is 17.4 Å². The highest BCUT2D eigenvalue weighted by molar-refractivity contribution is 7.15. The van der Waals surface area contributed by atoms with Crippen molar-refractivity contribution in [3.8, 4) is 0 Å². The fourth-order valence-corrected chi connectivity index (χ4v) is 3.74. The first-order valence-corrected chi connectivity index (χ1v) is 8.82. The summed E-state index contributed by atoms with van der Waals surface area (Å²) in [6, 6.07) is 0.211. The SMILES string of the molecule is CC(C)N(C)C(=O)C1CCN(C(=O)c2csc3cncn23)CC1. The van der Waals surface area contributed by atoms with Crippen LogP contribution in [0, 0.1) is 5.92 Å². The molecule has 2 amide bonds. The molecule has 7 heteroatoms. The quantitative estimate of drug-likeness (QED) is 0.864. The summed E-state index contributed by atoms with van der Waals surface area (Å²) in [5, 5.41) is 1.88. The largest absolute Gasteiger partial charge is 0.343 e. The smallest absolute Gasteiger partial charge is 0.271 e. The molecule has 1 aliphatic heterocycles. The molecule has 124 valence electrons. The number of fused-ring (bicyclic) bond motifs is 1. The normalized spacial score (nSPS) is 16.3. The molecular formula is C16H22N4O2S. The van der Waals surface area contributed by atoms with Gasteiger partial charge in [-0.3, -0.25) is 14.0 Å². The topological polar surface area (TPSA) is 57.9 Å². The minimum Gasteiger partial charge on any atom is -0.343 e. The molecule has 0 bridgehead atoms. The van der Waals surface area contributed by atoms with Crippen LogP contribution in [0.25, 0.3) is 4.83 Å². The van der Waals surface area contributed by atoms with Crippen LogP contribution in [0.5, 0.6) is 0 Å². The second-order valence-corrected chi connectivity index (χ2v) is 7.22. The number of imidazole rings is 1. The Balaban J connectivity index is 1.64. The number of thiazole rings is 1. The van der Waals surface area contributed by atoms with Gasteiger partial charge in [-0.05, 0) is 26.7 Å². The van der Waals surface area contributed by atoms with E-state index < -0.39 is 0 Å². The zero-order valence-electron chi connectivity index (χ0n) is 13.7. The summed E-state index contributed by atoms with van der Waals surface area (Å²) in [6.45, 7) is 5.30. The average molecular weight is 334 g/mol. The Bertz CT molecular complexity index is 713. The third-order valence-corrected chi connectivity index (χ3v) is 5.51. The van der Waals surface area contributed by atoms with Gasteiger partial charge in [-0.1, -0.05) is 0 Å². The molecule has 0 saturated carbocycles. The Labute approximate surface area is 139 Å². The summed E-state index contributed by atoms with van der Waals surface area (Å²) in [6.07, 6.45) is 4.90. The van der Waals surface area contributed by atoms with Crippen molar-refractivity contribution in [2.24, 2.45) is 5.92 Å². The summed E-state index contributed by atoms with van der Waals surface area (Å²) in [5.41, 5.74) is 0.659. The molecule has 0 aliphatic carbocycles. The molecule has 6 nitrogen and oxygen atoms in total. The maximum absolute atomic E-state index is 12.7. The third-order valence-electron chi connectivity index (χ3n) is 4.63. The zero-order chi connectivity index (χ0) is 16.6. The van der Waals surface area contributed by atoms with Crippen LogP contribution in [-0.4, -0.2) is 57.2 Å². The molecule has 3 rings (SSSR count). The summed E-state index contributed by atoms with van der Waals surface area (Å²) in [5.74, 6) is 0.249. The van der Waals surface area contributed by atoms with Crippen LogP contribution in [0.3, 0.4) is 0 Å². The summed E-state index contributed by atoms with van der Waals surface area (Å²) >= 11 is 1.52. The highest BCUT2D eigenvalue weighted by Crippen LogP contribution is 2.23. The zero-order valence-corrected chi connectivity index (χ0v) is 14.5. The molecule has 0 atom stereocenters. The number of rotatable bonds is 3. The number of likely N-dealkylation sites (tertiary alicyclic amines) is 1. The first-order chi connectivity index (χ1) is 11.0. The van der Waals surface area contributed by atoms with Gasteiger partial charge in [0.15, 0.2) is 0 Å². The molecule has 0 aromatic carbocycles. The Hall–Kier alpha value is -1.89. The van der Waals surface area contributed by atoms with Crippen LogP contribution < -0.4 is 0 Å². The van der Waals surface area contributed by atoms with Crippen molar-refractivity contribution in [3.63, 3.8) is 0 Å². The van der Waals surface area contributed by atoms with E-state index in [0.717, 1.165) is 17.7 Å². The molecule has 1 saturated heterocycles. The first kappa shape index (κ1) is 16.0. The maximum Gasteiger partial charge on any atom is 0.271 e. The predicted molar refractivity (Wildman–Crippen MR) is 89.6 cm³/mol. The molecule has 0 radical (unpaired) electrons. The number of amides is 2. The van der Waals surface area contributed by atoms with Gasteiger partial charge in [-0.25, -0.2) is 4.98 Å². The van der Waals surface area contributed by atoms with Crippen LogP contribution in [0.4, 0.5) is 0 Å². The lowest BCUT2D eigenvalue weighted by atomic mass is 9.95. The Kier molecular flexibility index (Phi) is 4.39. The van der Waals surface area contributed by atoms with Gasteiger partial charge < -0.3 is 9.80 Å². The maximum atomic E-state index is 12.7. The minimum absolute atomic E-state index is 0.0253. The van der Waals surface area contributed by atoms with E-state index in [2.05, 4.69) is 4.98 Å². The second-order valence-electron chi connectivity index (χ2n) is 6.33. The summed E-state index contributed by atoms with van der Waals surface area (Å²) < 4.78 is 1.83. The fraction of sp³-hybridized carbons (Fsp3) is 0.562. The Morgan fingerprint density at radius 1 is 1.35 bits per heavy atom. The van der Waals surface area contributed by atoms with Crippen molar-refractivity contribution >= 4 is 28.0 Å². The van der Waals surface area contributed by atoms with Crippen LogP contribution >= 0.6 is 11.3 Å². The molecule has 0 N–H and O–H groups in total. The standard InChI is InChI=1S/C16H22N4O2S/c1-11(2)18(3)15(21)12-4-6-19(7-5-12)16(22)13-9-23-14-8-17-10-20(13)14/h8-12H,4-7H2,1-3H3. The number of carbonyl (C=O) groups is 2. The van der Waals surface area contributed by atoms with Crippen molar-refractivity contribution in [2.75, 3.05) is 20.1 Å². The second kappa shape index (κ2) is 6.31. The number of hydrogen-bond donors (Lipinski definition) is 0. The molecule has 2 aromatic heterocycles. The van der Waals surface area contributed by atoms with E-state index >= 15 is 0 Å². The highest BCUT2D eigenvalue weighted by Gasteiger charge is 2.30. The van der Waals surface area contributed by atoms with Crippen LogP contribution in [-0.2, 0) is 4.79 Å². The molecule has 0 spiro atoms. The van der Waals surface area contributed by atoms with Crippen molar-refractivity contribution < 1.29 is 9.59 Å². The molecule has 1 aliphatic rings. The molecule has 1 fully saturated rings. The monoisotopic (exact) mass is 334 g/mol. The lowest BCUT2D eigenvalue weighted by molar-refractivity contribution is -0.137. The van der Waals surface area contributed by atoms with E-state index in [9.17, 15) is 9.59 Å². The van der Waals surface area contributed by atoms with Crippen molar-refractivity contribution in [2.45, 2.75) is 32.7 Å². The predicted octanol–water partition coefficient (Wildman–Crippen LogP) is 2.11. The van der Waals surface area contributed by atoms with Gasteiger partial charge in [0.25, 0.3) is 5.91 Å². The molecule has 3 heterocycles. The number of nitrogens with zero attached hydrogens (tertiary/aromatic N) is 4. The van der Waals surface area contributed by atoms with Gasteiger partial charge in [0.2, 0.25) is 5.91 Å². The molecular weight excluding hydrogens is 312 g/mol. The van der Waals surface area contributed by atoms with E-state index in [4.69, 9.17) is 0 Å². The first-order valence-electron chi connectivity index (χ1n) is 7.94. The van der Waals surface area contributed by atoms with Gasteiger partial charge >= 0.3 is 0 Å². The molecule has 0 unspecified atom stereocenters. The number of aromatic nitrogens is 2. The molecule has 23 heavy (non-hydrogen) atoms. The lowest BCUT2D eigenvalue weighted by Crippen LogP contribution is -2.45. The van der Waals surface area contributed by atoms with E-state index in [0.29, 0.717) is 18.8 Å². The number of carbonyl (C=O) groups excluding carboxylic acids is 2. The van der Waals surface area contributed by atoms with Crippen LogP contribution in [0.1, 0.15) is 37.2 Å². The number of piperidine rings is 1. The van der Waals surface area contributed by atoms with Crippen molar-refractivity contribution in [3.05, 3.63) is 23.6 Å². The third kappa shape index (κ3) is 2.97. The fourth-order valence-electron chi connectivity index (χ4n) is 2.91. The van der Waals surface area contributed by atoms with Gasteiger partial charge in [-0.2, -0.15) is 0 Å². The van der Waals surface area contributed by atoms with Crippen molar-refractivity contribution in [1.29, 1.82) is 0 Å². The van der Waals surface area contributed by atoms with Gasteiger partial charge in [0.05, 0.1) is 6.20 Å². The summed E-state index contributed by atoms with van der Waals surface area (Å²) in [4.78, 5) is 33.8. The highest BCUT2D eigenvalue weighted by atomic mass is 32.1. The van der Waals surface area contributed by atoms with Gasteiger partial charge in [0.1, 0.15) is 16.9 Å². The van der Waals surface area contributed by atoms with Crippen molar-refractivity contribution in [1.82, 2.24) is 19.2 Å².